The molecule has 0 aliphatic carbocycles. The van der Waals surface area contributed by atoms with Crippen LogP contribution in [0.25, 0.3) is 0 Å². The SMILES string of the molecule is NCc1cnnc(Oc2cccc(C(=O)Nc3ccccc3)c2)c1. The molecule has 0 saturated carbocycles. The molecule has 0 aliphatic heterocycles. The lowest BCUT2D eigenvalue weighted by Gasteiger charge is -2.08. The van der Waals surface area contributed by atoms with Crippen molar-refractivity contribution in [2.75, 3.05) is 5.32 Å². The van der Waals surface area contributed by atoms with Crippen LogP contribution >= 0.6 is 0 Å². The molecule has 1 aromatic heterocycles. The first-order valence-corrected chi connectivity index (χ1v) is 7.40. The molecule has 3 N–H and O–H groups in total. The van der Waals surface area contributed by atoms with Crippen molar-refractivity contribution in [2.24, 2.45) is 5.73 Å². The fourth-order valence-electron chi connectivity index (χ4n) is 2.09. The number of hydrogen-bond donors (Lipinski definition) is 2. The maximum atomic E-state index is 12.3. The van der Waals surface area contributed by atoms with Gasteiger partial charge < -0.3 is 15.8 Å². The predicted molar refractivity (Wildman–Crippen MR) is 90.8 cm³/mol. The van der Waals surface area contributed by atoms with Crippen LogP contribution in [0.5, 0.6) is 11.6 Å². The summed E-state index contributed by atoms with van der Waals surface area (Å²) in [5, 5.41) is 10.6. The number of rotatable bonds is 5. The molecule has 1 amide bonds. The first kappa shape index (κ1) is 15.6. The second-order valence-electron chi connectivity index (χ2n) is 5.06. The largest absolute Gasteiger partial charge is 0.437 e. The van der Waals surface area contributed by atoms with E-state index >= 15 is 0 Å². The van der Waals surface area contributed by atoms with Gasteiger partial charge in [-0.1, -0.05) is 24.3 Å². The Bertz CT molecular complexity index is 837. The second kappa shape index (κ2) is 7.34. The van der Waals surface area contributed by atoms with E-state index in [9.17, 15) is 4.79 Å². The summed E-state index contributed by atoms with van der Waals surface area (Å²) in [5.41, 5.74) is 7.61. The van der Waals surface area contributed by atoms with Crippen molar-refractivity contribution < 1.29 is 9.53 Å². The van der Waals surface area contributed by atoms with Crippen LogP contribution in [0.1, 0.15) is 15.9 Å². The third-order valence-corrected chi connectivity index (χ3v) is 3.27. The van der Waals surface area contributed by atoms with Gasteiger partial charge in [-0.15, -0.1) is 5.10 Å². The van der Waals surface area contributed by atoms with Gasteiger partial charge in [0, 0.05) is 23.9 Å². The van der Waals surface area contributed by atoms with Gasteiger partial charge in [-0.05, 0) is 35.9 Å². The number of nitrogens with zero attached hydrogens (tertiary/aromatic N) is 2. The molecule has 6 heteroatoms. The van der Waals surface area contributed by atoms with Crippen LogP contribution in [0, 0.1) is 0 Å². The summed E-state index contributed by atoms with van der Waals surface area (Å²) in [6, 6.07) is 17.8. The normalized spacial score (nSPS) is 10.2. The highest BCUT2D eigenvalue weighted by Crippen LogP contribution is 2.21. The smallest absolute Gasteiger partial charge is 0.255 e. The Morgan fingerprint density at radius 2 is 1.92 bits per heavy atom. The van der Waals surface area contributed by atoms with Gasteiger partial charge in [0.15, 0.2) is 0 Å². The van der Waals surface area contributed by atoms with Crippen LogP contribution < -0.4 is 15.8 Å². The van der Waals surface area contributed by atoms with Gasteiger partial charge in [-0.2, -0.15) is 5.10 Å². The number of benzene rings is 2. The molecule has 0 spiro atoms. The number of aromatic nitrogens is 2. The number of nitrogens with two attached hydrogens (primary N) is 1. The highest BCUT2D eigenvalue weighted by atomic mass is 16.5. The lowest BCUT2D eigenvalue weighted by molar-refractivity contribution is 0.102. The van der Waals surface area contributed by atoms with E-state index in [1.807, 2.05) is 30.3 Å². The van der Waals surface area contributed by atoms with Crippen molar-refractivity contribution >= 4 is 11.6 Å². The molecule has 0 saturated heterocycles. The molecule has 3 aromatic rings. The molecule has 0 unspecified atom stereocenters. The highest BCUT2D eigenvalue weighted by molar-refractivity contribution is 6.04. The van der Waals surface area contributed by atoms with Gasteiger partial charge in [0.1, 0.15) is 5.75 Å². The summed E-state index contributed by atoms with van der Waals surface area (Å²) in [4.78, 5) is 12.3. The number of hydrogen-bond acceptors (Lipinski definition) is 5. The van der Waals surface area contributed by atoms with Crippen molar-refractivity contribution in [3.63, 3.8) is 0 Å². The minimum absolute atomic E-state index is 0.214. The molecule has 0 fully saturated rings. The van der Waals surface area contributed by atoms with Gasteiger partial charge in [0.05, 0.1) is 6.20 Å². The minimum Gasteiger partial charge on any atom is -0.437 e. The van der Waals surface area contributed by atoms with E-state index < -0.39 is 0 Å². The lowest BCUT2D eigenvalue weighted by atomic mass is 10.2. The Hall–Kier alpha value is -3.25. The molecule has 2 aromatic carbocycles. The van der Waals surface area contributed by atoms with Gasteiger partial charge in [0.2, 0.25) is 5.88 Å². The Kier molecular flexibility index (Phi) is 4.78. The standard InChI is InChI=1S/C18H16N4O2/c19-11-13-9-17(22-20-12-13)24-16-8-4-5-14(10-16)18(23)21-15-6-2-1-3-7-15/h1-10,12H,11,19H2,(H,21,23). The van der Waals surface area contributed by atoms with Gasteiger partial charge in [-0.3, -0.25) is 4.79 Å². The zero-order chi connectivity index (χ0) is 16.8. The fourth-order valence-corrected chi connectivity index (χ4v) is 2.09. The van der Waals surface area contributed by atoms with Gasteiger partial charge in [-0.25, -0.2) is 0 Å². The van der Waals surface area contributed by atoms with Crippen LogP contribution in [0.4, 0.5) is 5.69 Å². The Balaban J connectivity index is 1.75. The first-order chi connectivity index (χ1) is 11.7. The zero-order valence-electron chi connectivity index (χ0n) is 12.8. The van der Waals surface area contributed by atoms with E-state index in [-0.39, 0.29) is 5.91 Å². The van der Waals surface area contributed by atoms with Crippen LogP contribution in [-0.2, 0) is 6.54 Å². The number of amides is 1. The van der Waals surface area contributed by atoms with Gasteiger partial charge >= 0.3 is 0 Å². The van der Waals surface area contributed by atoms with Crippen LogP contribution in [0.15, 0.2) is 66.9 Å². The van der Waals surface area contributed by atoms with E-state index in [2.05, 4.69) is 15.5 Å². The zero-order valence-corrected chi connectivity index (χ0v) is 12.8. The number of para-hydroxylation sites is 1. The fraction of sp³-hybridized carbons (Fsp3) is 0.0556. The predicted octanol–water partition coefficient (Wildman–Crippen LogP) is 2.98. The highest BCUT2D eigenvalue weighted by Gasteiger charge is 2.08. The molecular formula is C18H16N4O2. The Morgan fingerprint density at radius 3 is 2.71 bits per heavy atom. The van der Waals surface area contributed by atoms with Crippen LogP contribution in [-0.4, -0.2) is 16.1 Å². The topological polar surface area (TPSA) is 90.1 Å². The maximum Gasteiger partial charge on any atom is 0.255 e. The van der Waals surface area contributed by atoms with Crippen molar-refractivity contribution in [3.05, 3.63) is 78.0 Å². The molecule has 0 bridgehead atoms. The molecule has 0 atom stereocenters. The number of anilines is 1. The average molecular weight is 320 g/mol. The maximum absolute atomic E-state index is 12.3. The molecule has 6 nitrogen and oxygen atoms in total. The van der Waals surface area contributed by atoms with Crippen LogP contribution in [0.3, 0.4) is 0 Å². The lowest BCUT2D eigenvalue weighted by Crippen LogP contribution is -2.11. The van der Waals surface area contributed by atoms with Crippen molar-refractivity contribution in [3.8, 4) is 11.6 Å². The number of carbonyl (C=O) groups is 1. The monoisotopic (exact) mass is 320 g/mol. The Morgan fingerprint density at radius 1 is 1.08 bits per heavy atom. The summed E-state index contributed by atoms with van der Waals surface area (Å²) in [5.74, 6) is 0.617. The van der Waals surface area contributed by atoms with E-state index in [4.69, 9.17) is 10.5 Å². The van der Waals surface area contributed by atoms with E-state index in [1.54, 1.807) is 36.5 Å². The quantitative estimate of drug-likeness (QED) is 0.754. The van der Waals surface area contributed by atoms with Crippen molar-refractivity contribution in [1.82, 2.24) is 10.2 Å². The minimum atomic E-state index is -0.214. The van der Waals surface area contributed by atoms with Gasteiger partial charge in [0.25, 0.3) is 5.91 Å². The summed E-state index contributed by atoms with van der Waals surface area (Å²) in [6.45, 7) is 0.353. The summed E-state index contributed by atoms with van der Waals surface area (Å²) < 4.78 is 5.65. The van der Waals surface area contributed by atoms with E-state index in [0.29, 0.717) is 23.7 Å². The number of carbonyl (C=O) groups excluding carboxylic acids is 1. The second-order valence-corrected chi connectivity index (χ2v) is 5.06. The van der Waals surface area contributed by atoms with E-state index in [1.165, 1.54) is 0 Å². The average Bonchev–Trinajstić information content (AvgIpc) is 2.63. The molecule has 24 heavy (non-hydrogen) atoms. The first-order valence-electron chi connectivity index (χ1n) is 7.40. The van der Waals surface area contributed by atoms with Crippen LogP contribution in [0.2, 0.25) is 0 Å². The molecular weight excluding hydrogens is 304 g/mol. The van der Waals surface area contributed by atoms with Crippen molar-refractivity contribution in [2.45, 2.75) is 6.54 Å². The summed E-state index contributed by atoms with van der Waals surface area (Å²) in [6.07, 6.45) is 1.58. The molecule has 120 valence electrons. The number of ether oxygens (including phenoxy) is 1. The Labute approximate surface area is 139 Å². The summed E-state index contributed by atoms with van der Waals surface area (Å²) in [7, 11) is 0. The third kappa shape index (κ3) is 3.93. The van der Waals surface area contributed by atoms with E-state index in [0.717, 1.165) is 11.3 Å². The molecule has 3 rings (SSSR count). The molecule has 1 heterocycles. The van der Waals surface area contributed by atoms with Crippen molar-refractivity contribution in [1.29, 1.82) is 0 Å². The molecule has 0 aliphatic rings. The summed E-state index contributed by atoms with van der Waals surface area (Å²) >= 11 is 0. The third-order valence-electron chi connectivity index (χ3n) is 3.27. The number of nitrogens with one attached hydrogen (secondary N) is 1. The molecule has 0 radical (unpaired) electrons.